The first-order valence-corrected chi connectivity index (χ1v) is 4.04. The van der Waals surface area contributed by atoms with Crippen LogP contribution in [0, 0.1) is 0 Å². The molecule has 1 heterocycles. The quantitative estimate of drug-likeness (QED) is 0.479. The van der Waals surface area contributed by atoms with Crippen molar-refractivity contribution < 1.29 is 0 Å². The van der Waals surface area contributed by atoms with Crippen LogP contribution in [0.15, 0.2) is 24.3 Å². The topological polar surface area (TPSA) is 0 Å². The van der Waals surface area contributed by atoms with Crippen molar-refractivity contribution in [1.29, 1.82) is 0 Å². The van der Waals surface area contributed by atoms with E-state index in [-0.39, 0.29) is 0 Å². The fourth-order valence-electron chi connectivity index (χ4n) is 1.00. The van der Waals surface area contributed by atoms with Crippen molar-refractivity contribution in [2.75, 3.05) is 0 Å². The monoisotopic (exact) mass is 133 g/mol. The van der Waals surface area contributed by atoms with Crippen molar-refractivity contribution in [3.63, 3.8) is 0 Å². The van der Waals surface area contributed by atoms with Crippen LogP contribution >= 0.6 is 11.6 Å². The van der Waals surface area contributed by atoms with Crippen molar-refractivity contribution in [2.24, 2.45) is 0 Å². The Labute approximate surface area is 59.8 Å². The Morgan fingerprint density at radius 1 is 1.33 bits per heavy atom. The van der Waals surface area contributed by atoms with E-state index in [0.717, 1.165) is 5.75 Å². The molecule has 0 bridgehead atoms. The second-order valence-electron chi connectivity index (χ2n) is 2.13. The summed E-state index contributed by atoms with van der Waals surface area (Å²) in [5, 5.41) is 0. The van der Waals surface area contributed by atoms with Crippen LogP contribution in [0.25, 0.3) is 0 Å². The molecule has 9 heavy (non-hydrogen) atoms. The summed E-state index contributed by atoms with van der Waals surface area (Å²) >= 11 is 1.88. The first-order chi connectivity index (χ1) is 4.47. The molecule has 0 atom stereocenters. The zero-order valence-corrected chi connectivity index (χ0v) is 5.82. The van der Waals surface area contributed by atoms with Gasteiger partial charge in [-0.05, 0) is 5.56 Å². The van der Waals surface area contributed by atoms with E-state index in [1.165, 1.54) is 11.0 Å². The van der Waals surface area contributed by atoms with E-state index in [4.69, 9.17) is 0 Å². The van der Waals surface area contributed by atoms with E-state index in [0.29, 0.717) is 0 Å². The highest BCUT2D eigenvalue weighted by Gasteiger charge is 2.09. The van der Waals surface area contributed by atoms with E-state index in [9.17, 15) is 0 Å². The summed E-state index contributed by atoms with van der Waals surface area (Å²) in [5.41, 5.74) is 2.88. The predicted molar refractivity (Wildman–Crippen MR) is 43.1 cm³/mol. The molecule has 0 N–H and O–H groups in total. The number of fused-ring (bicyclic) bond motifs is 1. The summed E-state index contributed by atoms with van der Waals surface area (Å²) < 4.78 is 0. The molecule has 0 saturated carbocycles. The first-order valence-electron chi connectivity index (χ1n) is 2.99. The number of rotatable bonds is 0. The molecule has 2 rings (SSSR count). The second kappa shape index (κ2) is 2.11. The lowest BCUT2D eigenvalue weighted by atomic mass is 9.91. The molecule has 0 unspecified atom stereocenters. The molecule has 0 nitrogen and oxygen atoms in total. The summed E-state index contributed by atoms with van der Waals surface area (Å²) in [6, 6.07) is 8.53. The molecule has 0 aromatic heterocycles. The summed E-state index contributed by atoms with van der Waals surface area (Å²) in [7, 11) is 0. The van der Waals surface area contributed by atoms with Crippen LogP contribution in [0.5, 0.6) is 0 Å². The van der Waals surface area contributed by atoms with Crippen LogP contribution < -0.4 is 5.46 Å². The van der Waals surface area contributed by atoms with Crippen molar-refractivity contribution in [3.8, 4) is 0 Å². The lowest BCUT2D eigenvalue weighted by molar-refractivity contribution is 1.48. The maximum absolute atomic E-state index is 2.22. The van der Waals surface area contributed by atoms with Gasteiger partial charge in [0, 0.05) is 5.75 Å². The number of hydrogen-bond acceptors (Lipinski definition) is 1. The Balaban J connectivity index is 2.54. The van der Waals surface area contributed by atoms with Crippen LogP contribution in [-0.4, -0.2) is 6.56 Å². The fourth-order valence-corrected chi connectivity index (χ4v) is 1.94. The van der Waals surface area contributed by atoms with E-state index in [1.807, 2.05) is 11.6 Å². The lowest BCUT2D eigenvalue weighted by Crippen LogP contribution is -2.07. The smallest absolute Gasteiger partial charge is 0.207 e. The minimum Gasteiger partial charge on any atom is -0.207 e. The van der Waals surface area contributed by atoms with Crippen molar-refractivity contribution in [3.05, 3.63) is 29.8 Å². The molecule has 1 radical (unpaired) electrons. The highest BCUT2D eigenvalue weighted by atomic mass is 32.2. The van der Waals surface area contributed by atoms with Gasteiger partial charge in [-0.25, -0.2) is 11.6 Å². The Bertz CT molecular complexity index is 199. The van der Waals surface area contributed by atoms with E-state index < -0.39 is 0 Å². The van der Waals surface area contributed by atoms with Crippen LogP contribution in [0.1, 0.15) is 5.56 Å². The first kappa shape index (κ1) is 5.42. The predicted octanol–water partition coefficient (Wildman–Crippen LogP) is 1.18. The van der Waals surface area contributed by atoms with Crippen LogP contribution in [0.3, 0.4) is 0 Å². The molecule has 0 amide bonds. The second-order valence-corrected chi connectivity index (χ2v) is 2.99. The Morgan fingerprint density at radius 2 is 2.22 bits per heavy atom. The Morgan fingerprint density at radius 3 is 3.11 bits per heavy atom. The average Bonchev–Trinajstić information content (AvgIpc) is 2.33. The van der Waals surface area contributed by atoms with Gasteiger partial charge in [0.1, 0.15) is 0 Å². The van der Waals surface area contributed by atoms with Gasteiger partial charge in [-0.1, -0.05) is 29.7 Å². The van der Waals surface area contributed by atoms with Crippen LogP contribution in [0.4, 0.5) is 0 Å². The van der Waals surface area contributed by atoms with Gasteiger partial charge in [0.15, 0.2) is 0 Å². The van der Waals surface area contributed by atoms with Gasteiger partial charge < -0.3 is 0 Å². The summed E-state index contributed by atoms with van der Waals surface area (Å²) in [4.78, 5) is 0. The molecule has 0 fully saturated rings. The highest BCUT2D eigenvalue weighted by molar-refractivity contribution is 8.23. The summed E-state index contributed by atoms with van der Waals surface area (Å²) in [5.74, 6) is 1.16. The van der Waals surface area contributed by atoms with Gasteiger partial charge in [0.05, 0.1) is 0 Å². The molecule has 1 aromatic rings. The molecule has 1 aromatic carbocycles. The summed E-state index contributed by atoms with van der Waals surface area (Å²) in [6.07, 6.45) is 0. The minimum absolute atomic E-state index is 1.16. The number of benzene rings is 1. The molecule has 1 aliphatic heterocycles. The molecule has 0 aliphatic carbocycles. The van der Waals surface area contributed by atoms with Gasteiger partial charge in [-0.3, -0.25) is 0 Å². The lowest BCUT2D eigenvalue weighted by Gasteiger charge is -1.92. The average molecular weight is 133 g/mol. The van der Waals surface area contributed by atoms with Gasteiger partial charge in [0.25, 0.3) is 0 Å². The zero-order chi connectivity index (χ0) is 6.10. The molecule has 0 saturated heterocycles. The third-order valence-electron chi connectivity index (χ3n) is 1.50. The maximum Gasteiger partial charge on any atom is 0.230 e. The van der Waals surface area contributed by atoms with Gasteiger partial charge >= 0.3 is 0 Å². The number of hydrogen-bond donors (Lipinski definition) is 0. The van der Waals surface area contributed by atoms with E-state index in [1.54, 1.807) is 0 Å². The van der Waals surface area contributed by atoms with Gasteiger partial charge in [0.2, 0.25) is 6.56 Å². The highest BCUT2D eigenvalue weighted by Crippen LogP contribution is 2.15. The van der Waals surface area contributed by atoms with E-state index in [2.05, 4.69) is 30.8 Å². The van der Waals surface area contributed by atoms with Crippen LogP contribution in [0.2, 0.25) is 0 Å². The van der Waals surface area contributed by atoms with Crippen molar-refractivity contribution >= 4 is 23.6 Å². The van der Waals surface area contributed by atoms with Gasteiger partial charge in [-0.2, -0.15) is 0 Å². The molecular formula is C7H6BS. The standard InChI is InChI=1S/C7H6BS/c1-2-4-7-6(3-1)5-9-8-7/h1-4H,5H2. The SMILES string of the molecule is [B]1SCc2ccccc21. The molecule has 1 aliphatic rings. The molecular weight excluding hydrogens is 127 g/mol. The molecule has 2 heteroatoms. The third kappa shape index (κ3) is 0.876. The van der Waals surface area contributed by atoms with Crippen molar-refractivity contribution in [2.45, 2.75) is 5.75 Å². The zero-order valence-electron chi connectivity index (χ0n) is 5.00. The Kier molecular flexibility index (Phi) is 1.27. The fraction of sp³-hybridized carbons (Fsp3) is 0.143. The van der Waals surface area contributed by atoms with Gasteiger partial charge in [-0.15, -0.1) is 0 Å². The van der Waals surface area contributed by atoms with Crippen LogP contribution in [-0.2, 0) is 5.75 Å². The van der Waals surface area contributed by atoms with E-state index >= 15 is 0 Å². The van der Waals surface area contributed by atoms with Crippen molar-refractivity contribution in [1.82, 2.24) is 0 Å². The minimum atomic E-state index is 1.16. The Hall–Kier alpha value is -0.365. The molecule has 0 spiro atoms. The normalized spacial score (nSPS) is 14.7. The largest absolute Gasteiger partial charge is 0.230 e. The third-order valence-corrected chi connectivity index (χ3v) is 2.40. The molecule has 43 valence electrons. The summed E-state index contributed by atoms with van der Waals surface area (Å²) in [6.45, 7) is 2.22. The maximum atomic E-state index is 2.22.